The zero-order valence-electron chi connectivity index (χ0n) is 20.2. The molecule has 1 aliphatic rings. The van der Waals surface area contributed by atoms with E-state index in [1.54, 1.807) is 22.1 Å². The molecule has 2 atom stereocenters. The van der Waals surface area contributed by atoms with Gasteiger partial charge in [-0.15, -0.1) is 0 Å². The van der Waals surface area contributed by atoms with Crippen molar-refractivity contribution in [1.82, 2.24) is 24.4 Å². The smallest absolute Gasteiger partial charge is 0.325 e. The molecular weight excluding hydrogens is 414 g/mol. The fourth-order valence-corrected chi connectivity index (χ4v) is 4.10. The third-order valence-corrected chi connectivity index (χ3v) is 6.23. The summed E-state index contributed by atoms with van der Waals surface area (Å²) in [6, 6.07) is 10.3. The zero-order chi connectivity index (χ0) is 23.7. The van der Waals surface area contributed by atoms with Gasteiger partial charge >= 0.3 is 6.03 Å². The highest BCUT2D eigenvalue weighted by Gasteiger charge is 2.38. The van der Waals surface area contributed by atoms with Crippen LogP contribution in [-0.2, 0) is 0 Å². The highest BCUT2D eigenvalue weighted by Crippen LogP contribution is 2.27. The van der Waals surface area contributed by atoms with Crippen molar-refractivity contribution in [3.8, 4) is 5.69 Å². The molecule has 0 aliphatic carbocycles. The molecule has 0 spiro atoms. The number of nitrogens with zero attached hydrogens (tertiary/aromatic N) is 6. The van der Waals surface area contributed by atoms with E-state index in [9.17, 15) is 4.79 Å². The number of likely N-dealkylation sites (N-methyl/N-ethyl adjacent to an activating group) is 1. The number of imidazole rings is 1. The van der Waals surface area contributed by atoms with Crippen LogP contribution in [0.5, 0.6) is 0 Å². The molecule has 0 saturated carbocycles. The third kappa shape index (κ3) is 4.69. The summed E-state index contributed by atoms with van der Waals surface area (Å²) in [6.45, 7) is 11.3. The van der Waals surface area contributed by atoms with E-state index < -0.39 is 0 Å². The summed E-state index contributed by atoms with van der Waals surface area (Å²) in [5.74, 6) is 1.91. The maximum Gasteiger partial charge on any atom is 0.325 e. The van der Waals surface area contributed by atoms with Crippen LogP contribution in [0, 0.1) is 5.92 Å². The van der Waals surface area contributed by atoms with E-state index >= 15 is 0 Å². The summed E-state index contributed by atoms with van der Waals surface area (Å²) >= 11 is 0. The van der Waals surface area contributed by atoms with Crippen molar-refractivity contribution >= 4 is 17.8 Å². The monoisotopic (exact) mass is 447 g/mol. The van der Waals surface area contributed by atoms with Gasteiger partial charge in [0.25, 0.3) is 0 Å². The fourth-order valence-electron chi connectivity index (χ4n) is 4.10. The lowest BCUT2D eigenvalue weighted by Crippen LogP contribution is -2.38. The summed E-state index contributed by atoms with van der Waals surface area (Å²) in [5, 5.41) is 3.33. The number of amides is 2. The van der Waals surface area contributed by atoms with Gasteiger partial charge in [0.1, 0.15) is 5.82 Å². The molecular formula is C25H33N7O. The van der Waals surface area contributed by atoms with Gasteiger partial charge in [0.15, 0.2) is 0 Å². The first-order valence-corrected chi connectivity index (χ1v) is 11.5. The first-order chi connectivity index (χ1) is 15.7. The molecule has 2 amide bonds. The minimum atomic E-state index is -0.103. The Morgan fingerprint density at radius 1 is 1.03 bits per heavy atom. The predicted octanol–water partition coefficient (Wildman–Crippen LogP) is 4.86. The van der Waals surface area contributed by atoms with Gasteiger partial charge in [-0.1, -0.05) is 39.8 Å². The van der Waals surface area contributed by atoms with Crippen LogP contribution in [0.3, 0.4) is 0 Å². The van der Waals surface area contributed by atoms with Crippen molar-refractivity contribution < 1.29 is 4.79 Å². The van der Waals surface area contributed by atoms with Crippen molar-refractivity contribution in [2.75, 3.05) is 23.8 Å². The maximum absolute atomic E-state index is 12.7. The Kier molecular flexibility index (Phi) is 6.35. The molecule has 33 heavy (non-hydrogen) atoms. The van der Waals surface area contributed by atoms with Crippen LogP contribution in [0.2, 0.25) is 0 Å². The highest BCUT2D eigenvalue weighted by molar-refractivity contribution is 5.94. The van der Waals surface area contributed by atoms with Gasteiger partial charge in [-0.05, 0) is 42.5 Å². The Bertz CT molecular complexity index is 1110. The Morgan fingerprint density at radius 3 is 2.42 bits per heavy atom. The molecule has 0 unspecified atom stereocenters. The molecule has 1 N–H and O–H groups in total. The number of urea groups is 1. The molecule has 3 heterocycles. The van der Waals surface area contributed by atoms with Crippen molar-refractivity contribution in [2.24, 2.45) is 5.92 Å². The Labute approximate surface area is 195 Å². The van der Waals surface area contributed by atoms with Crippen LogP contribution >= 0.6 is 0 Å². The number of aromatic nitrogens is 4. The highest BCUT2D eigenvalue weighted by atomic mass is 16.2. The number of benzene rings is 1. The molecule has 3 aromatic rings. The molecule has 174 valence electrons. The molecule has 1 aliphatic heterocycles. The average molecular weight is 448 g/mol. The number of carbonyl (C=O) groups excluding carboxylic acids is 1. The lowest BCUT2D eigenvalue weighted by atomic mass is 10.0. The van der Waals surface area contributed by atoms with Crippen LogP contribution in [-0.4, -0.2) is 50.1 Å². The van der Waals surface area contributed by atoms with E-state index in [0.29, 0.717) is 30.1 Å². The van der Waals surface area contributed by atoms with E-state index in [1.165, 1.54) is 5.56 Å². The summed E-state index contributed by atoms with van der Waals surface area (Å²) in [7, 11) is 1.83. The van der Waals surface area contributed by atoms with Gasteiger partial charge in [-0.25, -0.2) is 14.8 Å². The lowest BCUT2D eigenvalue weighted by Gasteiger charge is -2.25. The number of anilines is 2. The van der Waals surface area contributed by atoms with Gasteiger partial charge in [0, 0.05) is 31.7 Å². The second kappa shape index (κ2) is 9.21. The first kappa shape index (κ1) is 22.8. The van der Waals surface area contributed by atoms with Crippen LogP contribution in [0.25, 0.3) is 5.69 Å². The quantitative estimate of drug-likeness (QED) is 0.560. The molecule has 4 rings (SSSR count). The van der Waals surface area contributed by atoms with Gasteiger partial charge in [0.05, 0.1) is 24.1 Å². The minimum absolute atomic E-state index is 0.0337. The van der Waals surface area contributed by atoms with Crippen LogP contribution < -0.4 is 10.2 Å². The summed E-state index contributed by atoms with van der Waals surface area (Å²) in [5.41, 5.74) is 3.27. The lowest BCUT2D eigenvalue weighted by molar-refractivity contribution is 0.229. The van der Waals surface area contributed by atoms with Crippen molar-refractivity contribution in [3.05, 3.63) is 60.3 Å². The van der Waals surface area contributed by atoms with Crippen LogP contribution in [0.15, 0.2) is 49.1 Å². The zero-order valence-corrected chi connectivity index (χ0v) is 20.2. The van der Waals surface area contributed by atoms with E-state index in [2.05, 4.69) is 72.2 Å². The number of hydrogen-bond acceptors (Lipinski definition) is 5. The summed E-state index contributed by atoms with van der Waals surface area (Å²) in [4.78, 5) is 29.8. The number of carbonyl (C=O) groups is 1. The fraction of sp³-hybridized carbons (Fsp3) is 0.440. The Morgan fingerprint density at radius 2 is 1.76 bits per heavy atom. The molecule has 1 saturated heterocycles. The molecule has 0 bridgehead atoms. The van der Waals surface area contributed by atoms with Crippen molar-refractivity contribution in [2.45, 2.75) is 52.6 Å². The predicted molar refractivity (Wildman–Crippen MR) is 131 cm³/mol. The number of nitrogens with one attached hydrogen (secondary N) is 1. The largest absolute Gasteiger partial charge is 0.346 e. The number of hydrogen-bond donors (Lipinski definition) is 1. The van der Waals surface area contributed by atoms with Gasteiger partial charge in [-0.3, -0.25) is 4.90 Å². The summed E-state index contributed by atoms with van der Waals surface area (Å²) < 4.78 is 2.01. The normalized spacial score (nSPS) is 17.3. The number of rotatable bonds is 7. The molecule has 2 aromatic heterocycles. The molecule has 8 heteroatoms. The molecule has 1 aromatic carbocycles. The molecule has 0 radical (unpaired) electrons. The van der Waals surface area contributed by atoms with E-state index in [1.807, 2.05) is 31.1 Å². The minimum Gasteiger partial charge on any atom is -0.346 e. The topological polar surface area (TPSA) is 79.2 Å². The maximum atomic E-state index is 12.7. The van der Waals surface area contributed by atoms with Gasteiger partial charge < -0.3 is 14.8 Å². The molecule has 8 nitrogen and oxygen atoms in total. The molecule has 1 fully saturated rings. The van der Waals surface area contributed by atoms with Crippen LogP contribution in [0.1, 0.15) is 57.8 Å². The van der Waals surface area contributed by atoms with E-state index in [0.717, 1.165) is 11.4 Å². The standard InChI is InChI=1S/C25H33N7O/c1-16(2)19-7-9-20(10-8-19)31-13-21(27-15-31)18(5)28-24-26-12-11-23(29-24)32-22(17(3)4)14-30(6)25(32)33/h7-13,15-18,22H,14H2,1-6H3,(H,26,28,29)/t18-,22+/m0/s1. The summed E-state index contributed by atoms with van der Waals surface area (Å²) in [6.07, 6.45) is 5.52. The second-order valence-electron chi connectivity index (χ2n) is 9.40. The van der Waals surface area contributed by atoms with Crippen molar-refractivity contribution in [1.29, 1.82) is 0 Å². The van der Waals surface area contributed by atoms with E-state index in [4.69, 9.17) is 0 Å². The van der Waals surface area contributed by atoms with Crippen molar-refractivity contribution in [3.63, 3.8) is 0 Å². The Hall–Kier alpha value is -3.42. The van der Waals surface area contributed by atoms with Crippen LogP contribution in [0.4, 0.5) is 16.6 Å². The van der Waals surface area contributed by atoms with Gasteiger partial charge in [-0.2, -0.15) is 4.98 Å². The first-order valence-electron chi connectivity index (χ1n) is 11.5. The van der Waals surface area contributed by atoms with E-state index in [-0.39, 0.29) is 18.1 Å². The SMILES string of the molecule is CC(C)c1ccc(-n2cnc([C@H](C)Nc3nccc(N4C(=O)N(C)C[C@@H]4C(C)C)n3)c2)cc1. The average Bonchev–Trinajstić information content (AvgIpc) is 3.40. The third-order valence-electron chi connectivity index (χ3n) is 6.23. The second-order valence-corrected chi connectivity index (χ2v) is 9.40. The Balaban J connectivity index is 1.49. The van der Waals surface area contributed by atoms with Gasteiger partial charge in [0.2, 0.25) is 5.95 Å².